The number of hydrogen-bond acceptors (Lipinski definition) is 12. The second kappa shape index (κ2) is 29.0. The van der Waals surface area contributed by atoms with Crippen molar-refractivity contribution in [3.63, 3.8) is 0 Å². The molecule has 0 unspecified atom stereocenters. The summed E-state index contributed by atoms with van der Waals surface area (Å²) in [5.41, 5.74) is 5.89. The number of hydrogen-bond donors (Lipinski definition) is 1. The molecule has 0 saturated heterocycles. The molecule has 0 spiro atoms. The van der Waals surface area contributed by atoms with Gasteiger partial charge in [-0.1, -0.05) is 80.6 Å². The molecule has 59 heavy (non-hydrogen) atoms. The number of ether oxygens (including phenoxy) is 7. The monoisotopic (exact) mass is 1050 g/mol. The molecule has 0 atom stereocenters. The quantitative estimate of drug-likeness (QED) is 0.0697. The van der Waals surface area contributed by atoms with Crippen LogP contribution in [-0.4, -0.2) is 103 Å². The number of carbonyl (C=O) groups excluding carboxylic acids is 2. The van der Waals surface area contributed by atoms with Crippen molar-refractivity contribution < 1.29 is 196 Å². The van der Waals surface area contributed by atoms with E-state index in [4.69, 9.17) is 38.3 Å². The van der Waals surface area contributed by atoms with E-state index < -0.39 is 17.4 Å². The average molecular weight is 1050 g/mol. The van der Waals surface area contributed by atoms with E-state index in [1.165, 1.54) is 0 Å². The SMILES string of the molecule is C.C.COCCOCCOCCOc1ccc(C2(c3ccc(COCCOCCOCCO)c(C(=O)[O-])c3)c3cc(C)ccc3-c3ccc(C)cc32)cc1C(=O)[O-].[Cs+].[Cs+]. The van der Waals surface area contributed by atoms with Gasteiger partial charge in [0.15, 0.2) is 0 Å². The van der Waals surface area contributed by atoms with Crippen molar-refractivity contribution in [2.45, 2.75) is 40.7 Å². The molecular formula is C45H56Cs2O12. The van der Waals surface area contributed by atoms with Crippen LogP contribution < -0.4 is 153 Å². The molecule has 0 heterocycles. The molecule has 0 aromatic heterocycles. The van der Waals surface area contributed by atoms with Crippen molar-refractivity contribution in [3.8, 4) is 16.9 Å². The van der Waals surface area contributed by atoms with E-state index in [9.17, 15) is 19.8 Å². The standard InChI is InChI=1S/C43H50O12.2CH4.2Cs/c1-29-4-9-34-35-10-5-30(2)25-39(35)43(38(34)24-29,32-7-6-31(36(26-32)41(45)46)28-54-21-20-52-17-16-50-13-12-44)33-8-11-40(37(27-33)42(47)48)55-23-22-53-19-18-51-15-14-49-3;;;;/h4-11,24-27,44H,12-23,28H2,1-3H3,(H,45,46)(H,47,48);2*1H4;;/q;;;2*+1/p-2. The molecule has 1 aliphatic rings. The molecule has 4 aromatic carbocycles. The number of benzene rings is 4. The molecule has 0 aliphatic heterocycles. The number of rotatable bonds is 24. The van der Waals surface area contributed by atoms with Crippen molar-refractivity contribution in [2.24, 2.45) is 0 Å². The smallest absolute Gasteiger partial charge is 0.545 e. The Morgan fingerprint density at radius 2 is 1.03 bits per heavy atom. The van der Waals surface area contributed by atoms with Crippen molar-refractivity contribution in [3.05, 3.63) is 123 Å². The van der Waals surface area contributed by atoms with Gasteiger partial charge in [0.2, 0.25) is 0 Å². The molecule has 0 radical (unpaired) electrons. The zero-order chi connectivity index (χ0) is 39.2. The number of carbonyl (C=O) groups is 2. The van der Waals surface area contributed by atoms with Crippen LogP contribution >= 0.6 is 0 Å². The largest absolute Gasteiger partial charge is 1.00 e. The van der Waals surface area contributed by atoms with Gasteiger partial charge in [0, 0.05) is 18.2 Å². The van der Waals surface area contributed by atoms with E-state index in [0.717, 1.165) is 33.4 Å². The van der Waals surface area contributed by atoms with Crippen molar-refractivity contribution in [2.75, 3.05) is 86.4 Å². The molecule has 310 valence electrons. The fourth-order valence-corrected chi connectivity index (χ4v) is 6.88. The van der Waals surface area contributed by atoms with Crippen LogP contribution in [0, 0.1) is 13.8 Å². The van der Waals surface area contributed by atoms with Gasteiger partial charge in [-0.25, -0.2) is 0 Å². The third-order valence-electron chi connectivity index (χ3n) is 9.37. The second-order valence-corrected chi connectivity index (χ2v) is 13.1. The Labute approximate surface area is 466 Å². The summed E-state index contributed by atoms with van der Waals surface area (Å²) < 4.78 is 38.3. The molecule has 0 fully saturated rings. The van der Waals surface area contributed by atoms with Gasteiger partial charge in [0.25, 0.3) is 0 Å². The Morgan fingerprint density at radius 1 is 0.576 bits per heavy atom. The minimum atomic E-state index is -1.42. The maximum Gasteiger partial charge on any atom is 1.00 e. The van der Waals surface area contributed by atoms with Crippen LogP contribution in [0.5, 0.6) is 5.75 Å². The molecule has 14 heteroatoms. The van der Waals surface area contributed by atoms with E-state index in [0.29, 0.717) is 56.3 Å². The predicted octanol–water partition coefficient (Wildman–Crippen LogP) is -1.73. The van der Waals surface area contributed by atoms with Gasteiger partial charge in [0.05, 0.1) is 96.6 Å². The van der Waals surface area contributed by atoms with Crippen LogP contribution in [0.4, 0.5) is 0 Å². The van der Waals surface area contributed by atoms with Gasteiger partial charge >= 0.3 is 138 Å². The summed E-state index contributed by atoms with van der Waals surface area (Å²) in [7, 11) is 1.60. The van der Waals surface area contributed by atoms with E-state index in [1.54, 1.807) is 31.4 Å². The summed E-state index contributed by atoms with van der Waals surface area (Å²) >= 11 is 0. The van der Waals surface area contributed by atoms with Gasteiger partial charge in [0.1, 0.15) is 12.4 Å². The zero-order valence-electron chi connectivity index (χ0n) is 33.6. The summed E-state index contributed by atoms with van der Waals surface area (Å²) in [4.78, 5) is 25.5. The number of methoxy groups -OCH3 is 1. The topological polar surface area (TPSA) is 165 Å². The fraction of sp³-hybridized carbons (Fsp3) is 0.422. The van der Waals surface area contributed by atoms with Crippen LogP contribution in [0.25, 0.3) is 11.1 Å². The van der Waals surface area contributed by atoms with Crippen LogP contribution in [0.1, 0.15) is 74.5 Å². The number of carboxylic acid groups (broad SMARTS) is 2. The van der Waals surface area contributed by atoms with E-state index in [-0.39, 0.29) is 216 Å². The van der Waals surface area contributed by atoms with E-state index >= 15 is 0 Å². The van der Waals surface area contributed by atoms with Crippen molar-refractivity contribution in [1.29, 1.82) is 0 Å². The molecule has 5 rings (SSSR count). The first-order valence-electron chi connectivity index (χ1n) is 18.3. The summed E-state index contributed by atoms with van der Waals surface area (Å²) in [6, 6.07) is 22.4. The van der Waals surface area contributed by atoms with Gasteiger partial charge in [-0.05, 0) is 71.0 Å². The van der Waals surface area contributed by atoms with Gasteiger partial charge in [-0.2, -0.15) is 0 Å². The summed E-state index contributed by atoms with van der Waals surface area (Å²) in [5.74, 6) is -2.67. The number of aryl methyl sites for hydroxylation is 2. The Balaban J connectivity index is 0.00000435. The van der Waals surface area contributed by atoms with E-state index in [2.05, 4.69) is 12.1 Å². The fourth-order valence-electron chi connectivity index (χ4n) is 6.88. The van der Waals surface area contributed by atoms with Gasteiger partial charge in [-0.3, -0.25) is 0 Å². The molecule has 1 N–H and O–H groups in total. The Kier molecular flexibility index (Phi) is 27.7. The van der Waals surface area contributed by atoms with Crippen LogP contribution in [0.2, 0.25) is 0 Å². The predicted molar refractivity (Wildman–Crippen MR) is 213 cm³/mol. The molecule has 0 amide bonds. The molecule has 1 aliphatic carbocycles. The number of aliphatic hydroxyl groups excluding tert-OH is 1. The van der Waals surface area contributed by atoms with Crippen LogP contribution in [0.15, 0.2) is 72.8 Å². The minimum Gasteiger partial charge on any atom is -0.545 e. The van der Waals surface area contributed by atoms with Crippen molar-refractivity contribution in [1.82, 2.24) is 0 Å². The molecule has 0 bridgehead atoms. The second-order valence-electron chi connectivity index (χ2n) is 13.1. The molecule has 12 nitrogen and oxygen atoms in total. The zero-order valence-corrected chi connectivity index (χ0v) is 46.1. The summed E-state index contributed by atoms with van der Waals surface area (Å²) in [6.45, 7) is 7.28. The number of aliphatic hydroxyl groups is 1. The van der Waals surface area contributed by atoms with Crippen LogP contribution in [-0.2, 0) is 40.4 Å². The first-order chi connectivity index (χ1) is 26.7. The summed E-state index contributed by atoms with van der Waals surface area (Å²) in [6.07, 6.45) is 0. The molecular weight excluding hydrogens is 998 g/mol. The maximum atomic E-state index is 12.8. The number of carboxylic acids is 2. The normalized spacial score (nSPS) is 11.9. The van der Waals surface area contributed by atoms with Crippen molar-refractivity contribution >= 4 is 11.9 Å². The average Bonchev–Trinajstić information content (AvgIpc) is 3.45. The van der Waals surface area contributed by atoms with Gasteiger partial charge < -0.3 is 58.1 Å². The number of aromatic carboxylic acids is 2. The Bertz CT molecular complexity index is 1780. The minimum absolute atomic E-state index is 0. The third-order valence-corrected chi connectivity index (χ3v) is 9.37. The third kappa shape index (κ3) is 14.7. The number of fused-ring (bicyclic) bond motifs is 3. The Morgan fingerprint density at radius 3 is 1.54 bits per heavy atom. The molecule has 0 saturated carbocycles. The van der Waals surface area contributed by atoms with Crippen LogP contribution in [0.3, 0.4) is 0 Å². The van der Waals surface area contributed by atoms with Gasteiger partial charge in [-0.15, -0.1) is 0 Å². The first kappa shape index (κ1) is 56.5. The first-order valence-corrected chi connectivity index (χ1v) is 18.3. The summed E-state index contributed by atoms with van der Waals surface area (Å²) in [5, 5.41) is 34.3. The maximum absolute atomic E-state index is 12.8. The van der Waals surface area contributed by atoms with E-state index in [1.807, 2.05) is 50.2 Å². The molecule has 4 aromatic rings. The Hall–Kier alpha value is -0.556.